The molecule has 0 radical (unpaired) electrons. The Kier molecular flexibility index (Phi) is 6.44. The van der Waals surface area contributed by atoms with Gasteiger partial charge in [0.2, 0.25) is 0 Å². The van der Waals surface area contributed by atoms with Crippen LogP contribution >= 0.6 is 12.4 Å². The SMILES string of the molecule is CCCN1CCC[C@@H]2c3c(OCc4ccccc4)cccc3OC[C@H]21.Cl. The second-order valence-corrected chi connectivity index (χ2v) is 7.11. The normalized spacial score (nSPS) is 21.7. The molecule has 4 heteroatoms. The lowest BCUT2D eigenvalue weighted by Gasteiger charge is -2.44. The largest absolute Gasteiger partial charge is 0.491 e. The fourth-order valence-electron chi connectivity index (χ4n) is 4.30. The van der Waals surface area contributed by atoms with Crippen LogP contribution in [0.2, 0.25) is 0 Å². The van der Waals surface area contributed by atoms with Crippen molar-refractivity contribution in [2.45, 2.75) is 44.8 Å². The summed E-state index contributed by atoms with van der Waals surface area (Å²) >= 11 is 0. The molecule has 0 amide bonds. The lowest BCUT2D eigenvalue weighted by atomic mass is 9.81. The second kappa shape index (κ2) is 8.79. The van der Waals surface area contributed by atoms with E-state index >= 15 is 0 Å². The molecule has 4 rings (SSSR count). The molecule has 0 spiro atoms. The molecule has 0 unspecified atom stereocenters. The predicted octanol–water partition coefficient (Wildman–Crippen LogP) is 5.04. The molecule has 2 aromatic rings. The van der Waals surface area contributed by atoms with Gasteiger partial charge in [-0.25, -0.2) is 0 Å². The van der Waals surface area contributed by atoms with E-state index in [-0.39, 0.29) is 12.4 Å². The summed E-state index contributed by atoms with van der Waals surface area (Å²) in [7, 11) is 0. The average Bonchev–Trinajstić information content (AvgIpc) is 2.67. The molecule has 0 N–H and O–H groups in total. The summed E-state index contributed by atoms with van der Waals surface area (Å²) in [6, 6.07) is 17.1. The third-order valence-corrected chi connectivity index (χ3v) is 5.45. The quantitative estimate of drug-likeness (QED) is 0.733. The fourth-order valence-corrected chi connectivity index (χ4v) is 4.30. The van der Waals surface area contributed by atoms with Gasteiger partial charge >= 0.3 is 0 Å². The van der Waals surface area contributed by atoms with Crippen molar-refractivity contribution in [2.75, 3.05) is 19.7 Å². The number of halogens is 1. The van der Waals surface area contributed by atoms with Gasteiger partial charge in [0, 0.05) is 11.5 Å². The Morgan fingerprint density at radius 2 is 1.96 bits per heavy atom. The zero-order valence-electron chi connectivity index (χ0n) is 15.4. The minimum atomic E-state index is 0. The smallest absolute Gasteiger partial charge is 0.127 e. The van der Waals surface area contributed by atoms with Crippen LogP contribution in [0.5, 0.6) is 11.5 Å². The number of rotatable bonds is 5. The highest BCUT2D eigenvalue weighted by Crippen LogP contribution is 2.45. The predicted molar refractivity (Wildman–Crippen MR) is 108 cm³/mol. The number of benzene rings is 2. The van der Waals surface area contributed by atoms with Gasteiger partial charge in [0.1, 0.15) is 24.7 Å². The van der Waals surface area contributed by atoms with Crippen LogP contribution in [0.3, 0.4) is 0 Å². The molecule has 0 aliphatic carbocycles. The lowest BCUT2D eigenvalue weighted by molar-refractivity contribution is 0.0640. The monoisotopic (exact) mass is 373 g/mol. The van der Waals surface area contributed by atoms with Gasteiger partial charge in [0.25, 0.3) is 0 Å². The summed E-state index contributed by atoms with van der Waals surface area (Å²) in [5.41, 5.74) is 2.49. The van der Waals surface area contributed by atoms with E-state index in [4.69, 9.17) is 9.47 Å². The van der Waals surface area contributed by atoms with E-state index in [1.165, 1.54) is 36.9 Å². The van der Waals surface area contributed by atoms with Gasteiger partial charge in [-0.05, 0) is 50.0 Å². The number of hydrogen-bond donors (Lipinski definition) is 0. The average molecular weight is 374 g/mol. The summed E-state index contributed by atoms with van der Waals surface area (Å²) in [4.78, 5) is 2.62. The minimum absolute atomic E-state index is 0. The molecular weight excluding hydrogens is 346 g/mol. The van der Waals surface area contributed by atoms with Crippen molar-refractivity contribution in [1.82, 2.24) is 4.90 Å². The van der Waals surface area contributed by atoms with Crippen LogP contribution in [-0.2, 0) is 6.61 Å². The molecule has 1 fully saturated rings. The van der Waals surface area contributed by atoms with Crippen LogP contribution in [-0.4, -0.2) is 30.6 Å². The molecule has 2 aromatic carbocycles. The zero-order valence-corrected chi connectivity index (χ0v) is 16.2. The van der Waals surface area contributed by atoms with E-state index in [9.17, 15) is 0 Å². The maximum atomic E-state index is 6.24. The Labute approximate surface area is 162 Å². The Hall–Kier alpha value is -1.71. The van der Waals surface area contributed by atoms with Crippen LogP contribution in [0.4, 0.5) is 0 Å². The van der Waals surface area contributed by atoms with E-state index < -0.39 is 0 Å². The lowest BCUT2D eigenvalue weighted by Crippen LogP contribution is -2.49. The highest BCUT2D eigenvalue weighted by molar-refractivity contribution is 5.85. The summed E-state index contributed by atoms with van der Waals surface area (Å²) in [5, 5.41) is 0. The van der Waals surface area contributed by atoms with Crippen LogP contribution in [0.1, 0.15) is 43.2 Å². The van der Waals surface area contributed by atoms with Crippen LogP contribution in [0.25, 0.3) is 0 Å². The third kappa shape index (κ3) is 3.84. The van der Waals surface area contributed by atoms with Gasteiger partial charge in [0.15, 0.2) is 0 Å². The number of hydrogen-bond acceptors (Lipinski definition) is 3. The summed E-state index contributed by atoms with van der Waals surface area (Å²) in [5.74, 6) is 2.54. The highest BCUT2D eigenvalue weighted by atomic mass is 35.5. The first-order valence-electron chi connectivity index (χ1n) is 9.53. The van der Waals surface area contributed by atoms with E-state index in [0.29, 0.717) is 18.6 Å². The van der Waals surface area contributed by atoms with Crippen molar-refractivity contribution in [3.63, 3.8) is 0 Å². The van der Waals surface area contributed by atoms with Gasteiger partial charge in [-0.3, -0.25) is 4.90 Å². The topological polar surface area (TPSA) is 21.7 Å². The van der Waals surface area contributed by atoms with Gasteiger partial charge in [-0.1, -0.05) is 43.3 Å². The van der Waals surface area contributed by atoms with Crippen molar-refractivity contribution in [3.05, 3.63) is 59.7 Å². The molecular formula is C22H28ClNO2. The maximum Gasteiger partial charge on any atom is 0.127 e. The van der Waals surface area contributed by atoms with Crippen molar-refractivity contribution in [3.8, 4) is 11.5 Å². The number of likely N-dealkylation sites (tertiary alicyclic amines) is 1. The number of fused-ring (bicyclic) bond motifs is 3. The van der Waals surface area contributed by atoms with Crippen LogP contribution < -0.4 is 9.47 Å². The molecule has 0 saturated carbocycles. The van der Waals surface area contributed by atoms with Gasteiger partial charge in [-0.2, -0.15) is 0 Å². The Morgan fingerprint density at radius 3 is 2.77 bits per heavy atom. The van der Waals surface area contributed by atoms with E-state index in [0.717, 1.165) is 24.7 Å². The molecule has 140 valence electrons. The molecule has 1 saturated heterocycles. The minimum Gasteiger partial charge on any atom is -0.491 e. The van der Waals surface area contributed by atoms with E-state index in [1.807, 2.05) is 12.1 Å². The first-order valence-corrected chi connectivity index (χ1v) is 9.53. The maximum absolute atomic E-state index is 6.24. The van der Waals surface area contributed by atoms with Crippen molar-refractivity contribution >= 4 is 12.4 Å². The number of nitrogens with zero attached hydrogens (tertiary/aromatic N) is 1. The van der Waals surface area contributed by atoms with Crippen molar-refractivity contribution in [2.24, 2.45) is 0 Å². The fraction of sp³-hybridized carbons (Fsp3) is 0.455. The highest BCUT2D eigenvalue weighted by Gasteiger charge is 2.38. The molecule has 2 aliphatic heterocycles. The second-order valence-electron chi connectivity index (χ2n) is 7.11. The standard InChI is InChI=1S/C22H27NO2.ClH/c1-2-13-23-14-7-10-18-19(23)16-25-21-12-6-11-20(22(18)21)24-15-17-8-4-3-5-9-17;/h3-6,8-9,11-12,18-19H,2,7,10,13-16H2,1H3;1H/t18-,19+;/m0./s1. The van der Waals surface area contributed by atoms with Gasteiger partial charge in [-0.15, -0.1) is 12.4 Å². The Balaban J connectivity index is 0.00000196. The number of ether oxygens (including phenoxy) is 2. The summed E-state index contributed by atoms with van der Waals surface area (Å²) < 4.78 is 12.4. The van der Waals surface area contributed by atoms with Crippen LogP contribution in [0, 0.1) is 0 Å². The Bertz CT molecular complexity index is 705. The summed E-state index contributed by atoms with van der Waals surface area (Å²) in [6.45, 7) is 6.02. The molecule has 3 nitrogen and oxygen atoms in total. The molecule has 2 aliphatic rings. The van der Waals surface area contributed by atoms with Gasteiger partial charge < -0.3 is 9.47 Å². The van der Waals surface area contributed by atoms with Crippen molar-refractivity contribution < 1.29 is 9.47 Å². The molecule has 2 atom stereocenters. The first-order chi connectivity index (χ1) is 12.4. The van der Waals surface area contributed by atoms with E-state index in [2.05, 4.69) is 48.2 Å². The number of piperidine rings is 1. The van der Waals surface area contributed by atoms with E-state index in [1.54, 1.807) is 0 Å². The molecule has 0 bridgehead atoms. The zero-order chi connectivity index (χ0) is 17.1. The molecule has 0 aromatic heterocycles. The first kappa shape index (κ1) is 19.1. The molecule has 2 heterocycles. The molecule has 26 heavy (non-hydrogen) atoms. The summed E-state index contributed by atoms with van der Waals surface area (Å²) in [6.07, 6.45) is 3.68. The van der Waals surface area contributed by atoms with Crippen LogP contribution in [0.15, 0.2) is 48.5 Å². The van der Waals surface area contributed by atoms with Crippen molar-refractivity contribution in [1.29, 1.82) is 0 Å². The van der Waals surface area contributed by atoms with Gasteiger partial charge in [0.05, 0.1) is 6.04 Å². The third-order valence-electron chi connectivity index (χ3n) is 5.45. The Morgan fingerprint density at radius 1 is 1.12 bits per heavy atom.